The third-order valence-electron chi connectivity index (χ3n) is 5.59. The lowest BCUT2D eigenvalue weighted by molar-refractivity contribution is -0.122. The number of pyridine rings is 1. The van der Waals surface area contributed by atoms with E-state index in [1.807, 2.05) is 12.1 Å². The van der Waals surface area contributed by atoms with Gasteiger partial charge in [-0.3, -0.25) is 14.7 Å². The van der Waals surface area contributed by atoms with E-state index in [4.69, 9.17) is 9.68 Å². The Kier molecular flexibility index (Phi) is 4.29. The maximum absolute atomic E-state index is 12.1. The fourth-order valence-corrected chi connectivity index (χ4v) is 3.99. The average Bonchev–Trinajstić information content (AvgIpc) is 3.31. The van der Waals surface area contributed by atoms with E-state index in [1.165, 1.54) is 0 Å². The van der Waals surface area contributed by atoms with Gasteiger partial charge in [0.2, 0.25) is 5.91 Å². The van der Waals surface area contributed by atoms with Gasteiger partial charge in [0.05, 0.1) is 6.04 Å². The molecule has 3 heterocycles. The van der Waals surface area contributed by atoms with Gasteiger partial charge in [0.1, 0.15) is 5.75 Å². The number of aromatic hydroxyl groups is 1. The molecule has 1 saturated heterocycles. The van der Waals surface area contributed by atoms with E-state index in [2.05, 4.69) is 20.8 Å². The Bertz CT molecular complexity index is 887. The molecule has 2 aliphatic heterocycles. The van der Waals surface area contributed by atoms with Gasteiger partial charge in [-0.15, -0.1) is 0 Å². The maximum Gasteiger partial charge on any atom is 0.223 e. The number of likely N-dealkylation sites (tertiary alicyclic amines) is 1. The van der Waals surface area contributed by atoms with E-state index in [0.29, 0.717) is 11.5 Å². The van der Waals surface area contributed by atoms with Gasteiger partial charge in [0.25, 0.3) is 0 Å². The molecule has 0 bridgehead atoms. The largest absolute Gasteiger partial charge is 0.507 e. The second-order valence-electron chi connectivity index (χ2n) is 7.59. The number of nitrogens with zero attached hydrogens (tertiary/aromatic N) is 2. The lowest BCUT2D eigenvalue weighted by Gasteiger charge is -2.29. The van der Waals surface area contributed by atoms with Crippen molar-refractivity contribution < 1.29 is 19.6 Å². The van der Waals surface area contributed by atoms with Crippen molar-refractivity contribution in [3.63, 3.8) is 0 Å². The number of fused-ring (bicyclic) bond motifs is 1. The van der Waals surface area contributed by atoms with Gasteiger partial charge in [-0.25, -0.2) is 0 Å². The molecule has 8 heteroatoms. The van der Waals surface area contributed by atoms with Crippen LogP contribution in [0.15, 0.2) is 36.7 Å². The highest BCUT2D eigenvalue weighted by atomic mass is 16.9. The Balaban J connectivity index is 1.44. The normalized spacial score (nSPS) is 22.2. The summed E-state index contributed by atoms with van der Waals surface area (Å²) >= 11 is 0. The van der Waals surface area contributed by atoms with Crippen LogP contribution >= 0.6 is 0 Å². The minimum atomic E-state index is -0.180. The number of hydrogen-bond donors (Lipinski definition) is 3. The van der Waals surface area contributed by atoms with Crippen LogP contribution in [0.1, 0.15) is 36.4 Å². The summed E-state index contributed by atoms with van der Waals surface area (Å²) in [5.74, 6) is 1.49. The molecule has 2 aromatic rings. The van der Waals surface area contributed by atoms with Crippen LogP contribution in [-0.4, -0.2) is 40.0 Å². The zero-order valence-corrected chi connectivity index (χ0v) is 15.3. The van der Waals surface area contributed by atoms with Crippen LogP contribution in [0.5, 0.6) is 17.2 Å². The van der Waals surface area contributed by atoms with E-state index in [1.54, 1.807) is 24.5 Å². The molecule has 0 radical (unpaired) electrons. The number of carbonyl (C=O) groups excluding carboxylic acids is 1. The van der Waals surface area contributed by atoms with Crippen molar-refractivity contribution in [3.05, 3.63) is 47.8 Å². The maximum atomic E-state index is 12.1. The topological polar surface area (TPSA) is 96.0 Å². The Morgan fingerprint density at radius 3 is 2.71 bits per heavy atom. The zero-order valence-electron chi connectivity index (χ0n) is 15.3. The lowest BCUT2D eigenvalue weighted by atomic mass is 9.96. The van der Waals surface area contributed by atoms with Gasteiger partial charge < -0.3 is 20.1 Å². The Morgan fingerprint density at radius 2 is 1.96 bits per heavy atom. The number of amides is 1. The molecule has 5 rings (SSSR count). The van der Waals surface area contributed by atoms with Crippen molar-refractivity contribution in [3.8, 4) is 17.2 Å². The van der Waals surface area contributed by atoms with Crippen molar-refractivity contribution >= 4 is 5.91 Å². The quantitative estimate of drug-likeness (QED) is 0.724. The van der Waals surface area contributed by atoms with E-state index in [0.717, 1.165) is 43.5 Å². The molecule has 1 amide bonds. The Morgan fingerprint density at radius 1 is 1.21 bits per heavy atom. The molecule has 8 nitrogen and oxygen atoms in total. The van der Waals surface area contributed by atoms with Crippen molar-refractivity contribution in [2.45, 2.75) is 31.3 Å². The van der Waals surface area contributed by atoms with E-state index < -0.39 is 0 Å². The molecule has 1 aliphatic carbocycles. The molecule has 2 atom stereocenters. The van der Waals surface area contributed by atoms with E-state index in [9.17, 15) is 9.90 Å². The summed E-state index contributed by atoms with van der Waals surface area (Å²) in [6, 6.07) is 7.19. The summed E-state index contributed by atoms with van der Waals surface area (Å²) in [5, 5.41) is 13.9. The van der Waals surface area contributed by atoms with Crippen LogP contribution in [0.2, 0.25) is 0 Å². The van der Waals surface area contributed by atoms with E-state index >= 15 is 0 Å². The molecule has 1 aromatic heterocycles. The summed E-state index contributed by atoms with van der Waals surface area (Å²) in [6.07, 6.45) is 6.38. The first kappa shape index (κ1) is 17.3. The number of hydrogen-bond acceptors (Lipinski definition) is 7. The van der Waals surface area contributed by atoms with Gasteiger partial charge >= 0.3 is 0 Å². The molecular formula is C20H22N4O4. The number of nitrogens with one attached hydrogen (secondary N) is 2. The summed E-state index contributed by atoms with van der Waals surface area (Å²) in [5.41, 5.74) is 4.10. The van der Waals surface area contributed by atoms with Gasteiger partial charge in [-0.2, -0.15) is 0 Å². The fraction of sp³-hybridized carbons (Fsp3) is 0.400. The molecule has 0 spiro atoms. The number of phenols is 1. The second-order valence-corrected chi connectivity index (χ2v) is 7.59. The molecule has 3 N–H and O–H groups in total. The summed E-state index contributed by atoms with van der Waals surface area (Å²) in [4.78, 5) is 28.9. The Labute approximate surface area is 162 Å². The second kappa shape index (κ2) is 6.96. The first-order valence-corrected chi connectivity index (χ1v) is 9.59. The van der Waals surface area contributed by atoms with Crippen LogP contribution < -0.4 is 20.6 Å². The van der Waals surface area contributed by atoms with Crippen LogP contribution in [0.4, 0.5) is 0 Å². The van der Waals surface area contributed by atoms with Crippen LogP contribution in [0, 0.1) is 5.92 Å². The monoisotopic (exact) mass is 382 g/mol. The van der Waals surface area contributed by atoms with Gasteiger partial charge in [0.15, 0.2) is 11.5 Å². The number of carbonyl (C=O) groups is 1. The van der Waals surface area contributed by atoms with Crippen LogP contribution in [0.25, 0.3) is 0 Å². The summed E-state index contributed by atoms with van der Waals surface area (Å²) in [7, 11) is 0. The van der Waals surface area contributed by atoms with Gasteiger partial charge in [-0.1, -0.05) is 0 Å². The highest BCUT2D eigenvalue weighted by Crippen LogP contribution is 2.43. The third kappa shape index (κ3) is 3.25. The van der Waals surface area contributed by atoms with E-state index in [-0.39, 0.29) is 29.7 Å². The highest BCUT2D eigenvalue weighted by molar-refractivity contribution is 5.81. The third-order valence-corrected chi connectivity index (χ3v) is 5.59. The smallest absolute Gasteiger partial charge is 0.223 e. The van der Waals surface area contributed by atoms with Gasteiger partial charge in [-0.05, 0) is 43.0 Å². The first-order valence-electron chi connectivity index (χ1n) is 9.59. The summed E-state index contributed by atoms with van der Waals surface area (Å²) < 4.78 is 0. The molecule has 2 fully saturated rings. The number of rotatable bonds is 5. The minimum Gasteiger partial charge on any atom is -0.507 e. The summed E-state index contributed by atoms with van der Waals surface area (Å²) in [6.45, 7) is 1.53. The SMILES string of the molecule is O=C(N[C@@H]1CCN(C(c2ccncc2)c2cc3c(cc2O)ONO3)C1)C1CC1. The molecule has 1 aromatic carbocycles. The molecule has 28 heavy (non-hydrogen) atoms. The minimum absolute atomic E-state index is 0.121. The number of benzene rings is 1. The number of phenolic OH excluding ortho intramolecular Hbond substituents is 1. The predicted molar refractivity (Wildman–Crippen MR) is 99.4 cm³/mol. The molecule has 1 saturated carbocycles. The van der Waals surface area contributed by atoms with Gasteiger partial charge in [0, 0.05) is 54.7 Å². The van der Waals surface area contributed by atoms with Crippen LogP contribution in [-0.2, 0) is 4.79 Å². The van der Waals surface area contributed by atoms with Crippen molar-refractivity contribution in [1.29, 1.82) is 0 Å². The predicted octanol–water partition coefficient (Wildman–Crippen LogP) is 1.67. The lowest BCUT2D eigenvalue weighted by Crippen LogP contribution is -2.38. The zero-order chi connectivity index (χ0) is 19.1. The Hall–Kier alpha value is -2.84. The van der Waals surface area contributed by atoms with Crippen molar-refractivity contribution in [1.82, 2.24) is 20.8 Å². The molecule has 3 aliphatic rings. The first-order chi connectivity index (χ1) is 13.7. The van der Waals surface area contributed by atoms with Crippen molar-refractivity contribution in [2.24, 2.45) is 5.92 Å². The molecule has 1 unspecified atom stereocenters. The fourth-order valence-electron chi connectivity index (χ4n) is 3.99. The van der Waals surface area contributed by atoms with Crippen LogP contribution in [0.3, 0.4) is 0 Å². The average molecular weight is 382 g/mol. The number of aromatic nitrogens is 1. The van der Waals surface area contributed by atoms with Crippen molar-refractivity contribution in [2.75, 3.05) is 13.1 Å². The molecule has 146 valence electrons. The molecular weight excluding hydrogens is 360 g/mol. The highest BCUT2D eigenvalue weighted by Gasteiger charge is 2.36. The standard InChI is InChI=1S/C20H22N4O4/c25-16-10-18-17(27-23-28-18)9-15(16)19(12-3-6-21-7-4-12)24-8-5-14(11-24)22-20(26)13-1-2-13/h3-4,6-7,9-10,13-14,19,23,25H,1-2,5,8,11H2,(H,22,26)/t14-,19?/m1/s1.